The lowest BCUT2D eigenvalue weighted by Crippen LogP contribution is -2.29. The lowest BCUT2D eigenvalue weighted by molar-refractivity contribution is -0.117. The highest BCUT2D eigenvalue weighted by Crippen LogP contribution is 2.21. The number of anilines is 1. The molecule has 2 amide bonds. The van der Waals surface area contributed by atoms with Crippen LogP contribution < -0.4 is 10.0 Å². The van der Waals surface area contributed by atoms with Gasteiger partial charge in [-0.2, -0.15) is 0 Å². The Hall–Kier alpha value is -2.93. The molecular weight excluding hydrogens is 376 g/mol. The summed E-state index contributed by atoms with van der Waals surface area (Å²) in [6.07, 6.45) is 7.40. The molecule has 0 saturated carbocycles. The van der Waals surface area contributed by atoms with Gasteiger partial charge in [-0.1, -0.05) is 56.2 Å². The number of hydrogen-bond acceptors (Lipinski definition) is 4. The number of rotatable bonds is 8. The summed E-state index contributed by atoms with van der Waals surface area (Å²) in [5, 5.41) is 2.60. The summed E-state index contributed by atoms with van der Waals surface area (Å²) in [5.74, 6) is -1.14. The topological polar surface area (TPSA) is 92.3 Å². The van der Waals surface area contributed by atoms with E-state index < -0.39 is 21.8 Å². The zero-order valence-electron chi connectivity index (χ0n) is 15.9. The van der Waals surface area contributed by atoms with Crippen LogP contribution in [0.1, 0.15) is 49.0 Å². The third-order valence-corrected chi connectivity index (χ3v) is 5.40. The molecule has 148 valence electrons. The van der Waals surface area contributed by atoms with Gasteiger partial charge < -0.3 is 5.32 Å². The molecule has 0 heterocycles. The fraction of sp³-hybridized carbons (Fsp3) is 0.238. The SMILES string of the molecule is CCCCC=Cc1ccc(C(=O)Nc2ccccc2S(=O)(=O)NC(C)=O)cc1. The Balaban J connectivity index is 2.15. The smallest absolute Gasteiger partial charge is 0.266 e. The molecule has 0 aliphatic rings. The fourth-order valence-electron chi connectivity index (χ4n) is 2.53. The van der Waals surface area contributed by atoms with E-state index in [1.165, 1.54) is 18.2 Å². The van der Waals surface area contributed by atoms with Gasteiger partial charge in [0.1, 0.15) is 4.90 Å². The third kappa shape index (κ3) is 6.06. The summed E-state index contributed by atoms with van der Waals surface area (Å²) >= 11 is 0. The number of hydrogen-bond donors (Lipinski definition) is 2. The number of nitrogens with one attached hydrogen (secondary N) is 2. The highest BCUT2D eigenvalue weighted by molar-refractivity contribution is 7.90. The maximum Gasteiger partial charge on any atom is 0.266 e. The van der Waals surface area contributed by atoms with E-state index in [4.69, 9.17) is 0 Å². The second kappa shape index (κ2) is 9.85. The molecule has 0 fully saturated rings. The first kappa shape index (κ1) is 21.4. The molecule has 0 bridgehead atoms. The summed E-state index contributed by atoms with van der Waals surface area (Å²) in [4.78, 5) is 23.5. The number of allylic oxidation sites excluding steroid dienone is 1. The van der Waals surface area contributed by atoms with Crippen molar-refractivity contribution in [3.63, 3.8) is 0 Å². The lowest BCUT2D eigenvalue weighted by Gasteiger charge is -2.12. The average molecular weight is 401 g/mol. The molecule has 6 nitrogen and oxygen atoms in total. The molecule has 2 rings (SSSR count). The molecule has 0 saturated heterocycles. The Bertz CT molecular complexity index is 964. The van der Waals surface area contributed by atoms with Crippen LogP contribution in [-0.2, 0) is 14.8 Å². The average Bonchev–Trinajstić information content (AvgIpc) is 2.65. The number of benzene rings is 2. The summed E-state index contributed by atoms with van der Waals surface area (Å²) in [7, 11) is -4.06. The Morgan fingerprint density at radius 2 is 1.71 bits per heavy atom. The van der Waals surface area contributed by atoms with Crippen molar-refractivity contribution >= 4 is 33.6 Å². The zero-order chi connectivity index (χ0) is 20.6. The van der Waals surface area contributed by atoms with Crippen LogP contribution in [0.5, 0.6) is 0 Å². The Kier molecular flexibility index (Phi) is 7.52. The maximum atomic E-state index is 12.5. The minimum absolute atomic E-state index is 0.102. The van der Waals surface area contributed by atoms with Crippen molar-refractivity contribution < 1.29 is 18.0 Å². The van der Waals surface area contributed by atoms with E-state index in [0.29, 0.717) is 5.56 Å². The van der Waals surface area contributed by atoms with Gasteiger partial charge in [-0.25, -0.2) is 13.1 Å². The van der Waals surface area contributed by atoms with E-state index >= 15 is 0 Å². The van der Waals surface area contributed by atoms with Crippen molar-refractivity contribution in [2.24, 2.45) is 0 Å². The summed E-state index contributed by atoms with van der Waals surface area (Å²) in [5.41, 5.74) is 1.49. The van der Waals surface area contributed by atoms with Crippen LogP contribution in [0.3, 0.4) is 0 Å². The van der Waals surface area contributed by atoms with Gasteiger partial charge in [0.25, 0.3) is 15.9 Å². The number of sulfonamides is 1. The van der Waals surface area contributed by atoms with Crippen LogP contribution in [0.4, 0.5) is 5.69 Å². The molecule has 0 spiro atoms. The third-order valence-electron chi connectivity index (χ3n) is 3.91. The number of carbonyl (C=O) groups is 2. The largest absolute Gasteiger partial charge is 0.321 e. The van der Waals surface area contributed by atoms with Gasteiger partial charge in [0.2, 0.25) is 5.91 Å². The first-order valence-electron chi connectivity index (χ1n) is 9.04. The maximum absolute atomic E-state index is 12.5. The molecule has 0 aliphatic carbocycles. The molecule has 0 aromatic heterocycles. The van der Waals surface area contributed by atoms with Gasteiger partial charge in [-0.3, -0.25) is 9.59 Å². The van der Waals surface area contributed by atoms with E-state index in [2.05, 4.69) is 18.3 Å². The van der Waals surface area contributed by atoms with Crippen LogP contribution in [0.15, 0.2) is 59.5 Å². The van der Waals surface area contributed by atoms with Crippen LogP contribution in [-0.4, -0.2) is 20.2 Å². The van der Waals surface area contributed by atoms with Gasteiger partial charge in [0, 0.05) is 12.5 Å². The molecule has 7 heteroatoms. The molecule has 2 N–H and O–H groups in total. The zero-order valence-corrected chi connectivity index (χ0v) is 16.8. The molecule has 28 heavy (non-hydrogen) atoms. The Labute approximate surface area is 165 Å². The van der Waals surface area contributed by atoms with Crippen LogP contribution in [0.25, 0.3) is 6.08 Å². The quantitative estimate of drug-likeness (QED) is 0.656. The summed E-state index contributed by atoms with van der Waals surface area (Å²) < 4.78 is 26.5. The summed E-state index contributed by atoms with van der Waals surface area (Å²) in [6.45, 7) is 3.25. The van der Waals surface area contributed by atoms with Gasteiger partial charge in [-0.15, -0.1) is 0 Å². The number of carbonyl (C=O) groups excluding carboxylic acids is 2. The van der Waals surface area contributed by atoms with Crippen molar-refractivity contribution in [2.75, 3.05) is 5.32 Å². The number of para-hydroxylation sites is 1. The first-order valence-corrected chi connectivity index (χ1v) is 10.5. The molecule has 0 radical (unpaired) electrons. The first-order chi connectivity index (χ1) is 13.3. The van der Waals surface area contributed by atoms with E-state index in [1.807, 2.05) is 22.9 Å². The second-order valence-corrected chi connectivity index (χ2v) is 7.93. The van der Waals surface area contributed by atoms with E-state index in [9.17, 15) is 18.0 Å². The van der Waals surface area contributed by atoms with Crippen LogP contribution in [0, 0.1) is 0 Å². The molecule has 0 atom stereocenters. The van der Waals surface area contributed by atoms with Gasteiger partial charge >= 0.3 is 0 Å². The minimum Gasteiger partial charge on any atom is -0.321 e. The monoisotopic (exact) mass is 400 g/mol. The predicted molar refractivity (Wildman–Crippen MR) is 110 cm³/mol. The molecule has 0 unspecified atom stereocenters. The minimum atomic E-state index is -4.06. The highest BCUT2D eigenvalue weighted by Gasteiger charge is 2.20. The van der Waals surface area contributed by atoms with Crippen molar-refractivity contribution in [1.29, 1.82) is 0 Å². The lowest BCUT2D eigenvalue weighted by atomic mass is 10.1. The molecular formula is C21H24N2O4S. The molecule has 2 aromatic carbocycles. The van der Waals surface area contributed by atoms with E-state index in [0.717, 1.165) is 31.7 Å². The van der Waals surface area contributed by atoms with E-state index in [1.54, 1.807) is 18.2 Å². The standard InChI is InChI=1S/C21H24N2O4S/c1-3-4-5-6-9-17-12-14-18(15-13-17)21(25)22-19-10-7-8-11-20(19)28(26,27)23-16(2)24/h6-15H,3-5H2,1-2H3,(H,22,25)(H,23,24). The Morgan fingerprint density at radius 3 is 2.36 bits per heavy atom. The van der Waals surface area contributed by atoms with E-state index in [-0.39, 0.29) is 10.6 Å². The highest BCUT2D eigenvalue weighted by atomic mass is 32.2. The predicted octanol–water partition coefficient (Wildman–Crippen LogP) is 3.97. The van der Waals surface area contributed by atoms with Gasteiger partial charge in [-0.05, 0) is 36.2 Å². The van der Waals surface area contributed by atoms with Crippen LogP contribution >= 0.6 is 0 Å². The Morgan fingerprint density at radius 1 is 1.04 bits per heavy atom. The normalized spacial score (nSPS) is 11.4. The molecule has 0 aliphatic heterocycles. The van der Waals surface area contributed by atoms with Crippen LogP contribution in [0.2, 0.25) is 0 Å². The second-order valence-electron chi connectivity index (χ2n) is 6.28. The number of amides is 2. The molecule has 2 aromatic rings. The number of unbranched alkanes of at least 4 members (excludes halogenated alkanes) is 2. The van der Waals surface area contributed by atoms with Gasteiger partial charge in [0.15, 0.2) is 0 Å². The van der Waals surface area contributed by atoms with Gasteiger partial charge in [0.05, 0.1) is 5.69 Å². The fourth-order valence-corrected chi connectivity index (χ4v) is 3.68. The van der Waals surface area contributed by atoms with Crippen molar-refractivity contribution in [3.05, 3.63) is 65.7 Å². The summed E-state index contributed by atoms with van der Waals surface area (Å²) in [6, 6.07) is 12.9. The van der Waals surface area contributed by atoms with Crippen molar-refractivity contribution in [3.8, 4) is 0 Å². The van der Waals surface area contributed by atoms with Crippen molar-refractivity contribution in [1.82, 2.24) is 4.72 Å². The van der Waals surface area contributed by atoms with Crippen molar-refractivity contribution in [2.45, 2.75) is 38.0 Å².